The van der Waals surface area contributed by atoms with E-state index in [1.807, 2.05) is 0 Å². The molecule has 2 heterocycles. The van der Waals surface area contributed by atoms with Crippen LogP contribution in [0.2, 0.25) is 5.15 Å². The highest BCUT2D eigenvalue weighted by Crippen LogP contribution is 2.24. The van der Waals surface area contributed by atoms with Gasteiger partial charge in [0.05, 0.1) is 11.4 Å². The Labute approximate surface area is 108 Å². The van der Waals surface area contributed by atoms with Crippen molar-refractivity contribution in [1.82, 2.24) is 15.3 Å². The summed E-state index contributed by atoms with van der Waals surface area (Å²) in [5, 5.41) is 6.38. The molecule has 4 nitrogen and oxygen atoms in total. The van der Waals surface area contributed by atoms with E-state index in [2.05, 4.69) is 20.6 Å². The number of benzene rings is 1. The Morgan fingerprint density at radius 3 is 2.89 bits per heavy atom. The van der Waals surface area contributed by atoms with Crippen molar-refractivity contribution in [2.45, 2.75) is 13.1 Å². The first-order chi connectivity index (χ1) is 8.74. The molecule has 0 saturated carbocycles. The molecule has 0 spiro atoms. The molecule has 3 rings (SSSR count). The molecule has 2 N–H and O–H groups in total. The average Bonchev–Trinajstić information content (AvgIpc) is 2.81. The second kappa shape index (κ2) is 4.51. The Morgan fingerprint density at radius 2 is 2.06 bits per heavy atom. The van der Waals surface area contributed by atoms with E-state index in [0.717, 1.165) is 11.3 Å². The number of aromatic nitrogens is 2. The van der Waals surface area contributed by atoms with Crippen LogP contribution >= 0.6 is 11.6 Å². The summed E-state index contributed by atoms with van der Waals surface area (Å²) >= 11 is 6.06. The Balaban J connectivity index is 1.95. The molecule has 1 aliphatic heterocycles. The SMILES string of the molecule is Fc1ccccc1Nc1nc(Cl)c2c(n1)CNC2. The molecule has 0 radical (unpaired) electrons. The molecule has 6 heteroatoms. The van der Waals surface area contributed by atoms with Crippen LogP contribution in [0.25, 0.3) is 0 Å². The fourth-order valence-electron chi connectivity index (χ4n) is 1.87. The van der Waals surface area contributed by atoms with Crippen LogP contribution in [0, 0.1) is 5.82 Å². The van der Waals surface area contributed by atoms with Crippen molar-refractivity contribution >= 4 is 23.2 Å². The maximum atomic E-state index is 13.5. The highest BCUT2D eigenvalue weighted by Gasteiger charge is 2.18. The van der Waals surface area contributed by atoms with E-state index in [1.165, 1.54) is 6.07 Å². The highest BCUT2D eigenvalue weighted by atomic mass is 35.5. The summed E-state index contributed by atoms with van der Waals surface area (Å²) in [5.41, 5.74) is 2.10. The van der Waals surface area contributed by atoms with E-state index >= 15 is 0 Å². The summed E-state index contributed by atoms with van der Waals surface area (Å²) < 4.78 is 13.5. The van der Waals surface area contributed by atoms with E-state index in [-0.39, 0.29) is 5.82 Å². The summed E-state index contributed by atoms with van der Waals surface area (Å²) in [5.74, 6) is -0.0385. The van der Waals surface area contributed by atoms with Crippen LogP contribution in [0.5, 0.6) is 0 Å². The van der Waals surface area contributed by atoms with Gasteiger partial charge < -0.3 is 10.6 Å². The van der Waals surface area contributed by atoms with Gasteiger partial charge in [0.15, 0.2) is 0 Å². The number of hydrogen-bond acceptors (Lipinski definition) is 4. The third-order valence-electron chi connectivity index (χ3n) is 2.76. The van der Waals surface area contributed by atoms with Crippen molar-refractivity contribution in [3.05, 3.63) is 46.5 Å². The minimum Gasteiger partial charge on any atom is -0.322 e. The minimum atomic E-state index is -0.351. The zero-order valence-electron chi connectivity index (χ0n) is 9.37. The molecule has 0 fully saturated rings. The van der Waals surface area contributed by atoms with Crippen LogP contribution in [-0.2, 0) is 13.1 Å². The third-order valence-corrected chi connectivity index (χ3v) is 3.07. The van der Waals surface area contributed by atoms with Gasteiger partial charge >= 0.3 is 0 Å². The van der Waals surface area contributed by atoms with E-state index < -0.39 is 0 Å². The summed E-state index contributed by atoms with van der Waals surface area (Å²) in [4.78, 5) is 8.43. The molecule has 0 amide bonds. The second-order valence-corrected chi connectivity index (χ2v) is 4.33. The number of anilines is 2. The van der Waals surface area contributed by atoms with Crippen molar-refractivity contribution in [2.75, 3.05) is 5.32 Å². The van der Waals surface area contributed by atoms with E-state index in [4.69, 9.17) is 11.6 Å². The lowest BCUT2D eigenvalue weighted by molar-refractivity contribution is 0.631. The van der Waals surface area contributed by atoms with E-state index in [9.17, 15) is 4.39 Å². The number of nitrogens with zero attached hydrogens (tertiary/aromatic N) is 2. The number of rotatable bonds is 2. The first-order valence-corrected chi connectivity index (χ1v) is 5.89. The smallest absolute Gasteiger partial charge is 0.229 e. The van der Waals surface area contributed by atoms with Gasteiger partial charge in [0.1, 0.15) is 11.0 Å². The first-order valence-electron chi connectivity index (χ1n) is 5.51. The van der Waals surface area contributed by atoms with Gasteiger partial charge in [0, 0.05) is 18.7 Å². The van der Waals surface area contributed by atoms with Crippen molar-refractivity contribution in [1.29, 1.82) is 0 Å². The molecule has 0 unspecified atom stereocenters. The molecule has 2 aromatic rings. The van der Waals surface area contributed by atoms with Gasteiger partial charge in [-0.05, 0) is 12.1 Å². The van der Waals surface area contributed by atoms with Crippen molar-refractivity contribution in [2.24, 2.45) is 0 Å². The molecule has 0 atom stereocenters. The molecule has 92 valence electrons. The lowest BCUT2D eigenvalue weighted by Crippen LogP contribution is -2.03. The summed E-state index contributed by atoms with van der Waals surface area (Å²) in [7, 11) is 0. The topological polar surface area (TPSA) is 49.8 Å². The summed E-state index contributed by atoms with van der Waals surface area (Å²) in [6.45, 7) is 1.33. The zero-order valence-corrected chi connectivity index (χ0v) is 10.1. The fourth-order valence-corrected chi connectivity index (χ4v) is 2.12. The van der Waals surface area contributed by atoms with Gasteiger partial charge in [0.2, 0.25) is 5.95 Å². The van der Waals surface area contributed by atoms with Crippen molar-refractivity contribution in [3.8, 4) is 0 Å². The fraction of sp³-hybridized carbons (Fsp3) is 0.167. The normalized spacial score (nSPS) is 13.4. The van der Waals surface area contributed by atoms with Gasteiger partial charge in [-0.1, -0.05) is 23.7 Å². The zero-order chi connectivity index (χ0) is 12.5. The Bertz CT molecular complexity index is 603. The quantitative estimate of drug-likeness (QED) is 0.819. The Hall–Kier alpha value is -1.72. The number of hydrogen-bond donors (Lipinski definition) is 2. The first kappa shape index (κ1) is 11.4. The largest absolute Gasteiger partial charge is 0.322 e. The standard InChI is InChI=1S/C12H10ClFN4/c13-11-7-5-15-6-10(7)17-12(18-11)16-9-4-2-1-3-8(9)14/h1-4,15H,5-6H2,(H,16,17,18). The maximum Gasteiger partial charge on any atom is 0.229 e. The van der Waals surface area contributed by atoms with Gasteiger partial charge in [-0.2, -0.15) is 0 Å². The van der Waals surface area contributed by atoms with Crippen LogP contribution < -0.4 is 10.6 Å². The molecule has 0 aliphatic carbocycles. The van der Waals surface area contributed by atoms with Crippen LogP contribution in [0.15, 0.2) is 24.3 Å². The number of nitrogens with one attached hydrogen (secondary N) is 2. The Kier molecular flexibility index (Phi) is 2.85. The second-order valence-electron chi connectivity index (χ2n) is 3.97. The highest BCUT2D eigenvalue weighted by molar-refractivity contribution is 6.30. The van der Waals surface area contributed by atoms with Gasteiger partial charge in [0.25, 0.3) is 0 Å². The van der Waals surface area contributed by atoms with Gasteiger partial charge in [-0.25, -0.2) is 14.4 Å². The van der Waals surface area contributed by atoms with Crippen LogP contribution in [0.1, 0.15) is 11.3 Å². The lowest BCUT2D eigenvalue weighted by Gasteiger charge is -2.08. The molecule has 0 saturated heterocycles. The van der Waals surface area contributed by atoms with Crippen LogP contribution in [0.4, 0.5) is 16.0 Å². The predicted octanol–water partition coefficient (Wildman–Crippen LogP) is 2.62. The number of halogens is 2. The number of fused-ring (bicyclic) bond motifs is 1. The maximum absolute atomic E-state index is 13.5. The lowest BCUT2D eigenvalue weighted by atomic mass is 10.3. The summed E-state index contributed by atoms with van der Waals surface area (Å²) in [6.07, 6.45) is 0. The summed E-state index contributed by atoms with van der Waals surface area (Å²) in [6, 6.07) is 6.36. The van der Waals surface area contributed by atoms with Crippen molar-refractivity contribution in [3.63, 3.8) is 0 Å². The van der Waals surface area contributed by atoms with Gasteiger partial charge in [-0.15, -0.1) is 0 Å². The van der Waals surface area contributed by atoms with Crippen LogP contribution in [0.3, 0.4) is 0 Å². The molecule has 1 aromatic heterocycles. The molecule has 1 aromatic carbocycles. The van der Waals surface area contributed by atoms with Gasteiger partial charge in [-0.3, -0.25) is 0 Å². The molecule has 18 heavy (non-hydrogen) atoms. The van der Waals surface area contributed by atoms with Crippen molar-refractivity contribution < 1.29 is 4.39 Å². The molecular weight excluding hydrogens is 255 g/mol. The molecule has 1 aliphatic rings. The monoisotopic (exact) mass is 264 g/mol. The molecular formula is C12H10ClFN4. The van der Waals surface area contributed by atoms with E-state index in [0.29, 0.717) is 29.9 Å². The third kappa shape index (κ3) is 2.02. The van der Waals surface area contributed by atoms with E-state index in [1.54, 1.807) is 18.2 Å². The minimum absolute atomic E-state index is 0.313. The number of para-hydroxylation sites is 1. The Morgan fingerprint density at radius 1 is 1.22 bits per heavy atom. The van der Waals surface area contributed by atoms with Crippen LogP contribution in [-0.4, -0.2) is 9.97 Å². The molecule has 0 bridgehead atoms. The average molecular weight is 265 g/mol. The predicted molar refractivity (Wildman–Crippen MR) is 67.3 cm³/mol.